The van der Waals surface area contributed by atoms with Crippen LogP contribution in [-0.2, 0) is 29.0 Å². The van der Waals surface area contributed by atoms with Crippen LogP contribution in [0.2, 0.25) is 0 Å². The molecule has 0 radical (unpaired) electrons. The maximum absolute atomic E-state index is 12.9. The van der Waals surface area contributed by atoms with Gasteiger partial charge in [0.15, 0.2) is 0 Å². The van der Waals surface area contributed by atoms with Gasteiger partial charge in [0, 0.05) is 30.1 Å². The Bertz CT molecular complexity index is 1210. The van der Waals surface area contributed by atoms with Crippen LogP contribution in [0.25, 0.3) is 11.1 Å². The first-order chi connectivity index (χ1) is 17.0. The van der Waals surface area contributed by atoms with Gasteiger partial charge < -0.3 is 15.4 Å². The quantitative estimate of drug-likeness (QED) is 0.522. The van der Waals surface area contributed by atoms with Crippen LogP contribution in [0.5, 0.6) is 0 Å². The molecular weight excluding hydrogens is 460 g/mol. The fourth-order valence-corrected chi connectivity index (χ4v) is 5.67. The minimum absolute atomic E-state index is 0.0677. The molecule has 8 nitrogen and oxygen atoms in total. The number of anilines is 1. The van der Waals surface area contributed by atoms with Gasteiger partial charge in [-0.2, -0.15) is 0 Å². The van der Waals surface area contributed by atoms with Crippen molar-refractivity contribution in [1.29, 1.82) is 0 Å². The number of hydrogen-bond donors (Lipinski definition) is 2. The molecule has 9 heteroatoms. The largest absolute Gasteiger partial charge is 0.379 e. The average Bonchev–Trinajstić information content (AvgIpc) is 3.35. The van der Waals surface area contributed by atoms with E-state index < -0.39 is 0 Å². The lowest BCUT2D eigenvalue weighted by Crippen LogP contribution is -2.53. The maximum Gasteiger partial charge on any atom is 0.243 e. The second kappa shape index (κ2) is 10.4. The van der Waals surface area contributed by atoms with Gasteiger partial charge in [0.05, 0.1) is 37.9 Å². The third kappa shape index (κ3) is 5.08. The van der Waals surface area contributed by atoms with Crippen LogP contribution in [0.4, 0.5) is 5.82 Å². The Balaban J connectivity index is 1.38. The summed E-state index contributed by atoms with van der Waals surface area (Å²) in [6.07, 6.45) is 0.296. The second-order valence-corrected chi connectivity index (χ2v) is 9.97. The molecule has 2 aliphatic heterocycles. The Morgan fingerprint density at radius 3 is 2.80 bits per heavy atom. The van der Waals surface area contributed by atoms with Gasteiger partial charge in [-0.3, -0.25) is 9.80 Å². The molecule has 0 spiro atoms. The number of rotatable bonds is 7. The number of aromatic nitrogens is 2. The minimum Gasteiger partial charge on any atom is -0.379 e. The zero-order valence-corrected chi connectivity index (χ0v) is 21.3. The summed E-state index contributed by atoms with van der Waals surface area (Å²) in [5, 5.41) is 13.1. The number of nitrogens with zero attached hydrogens (tertiary/aromatic N) is 4. The SMILES string of the molecule is CNCc1ccccc1-c1csc([C@@H](C)Nc2nc(C)nc3c2CN(N2CCOCC2)C(=O)C3)c1. The average molecular weight is 493 g/mol. The van der Waals surface area contributed by atoms with Crippen LogP contribution in [0.15, 0.2) is 35.7 Å². The number of hydrogen-bond acceptors (Lipinski definition) is 8. The first-order valence-electron chi connectivity index (χ1n) is 12.1. The van der Waals surface area contributed by atoms with E-state index in [-0.39, 0.29) is 11.9 Å². The van der Waals surface area contributed by atoms with Gasteiger partial charge in [0.1, 0.15) is 11.6 Å². The van der Waals surface area contributed by atoms with Gasteiger partial charge in [0.2, 0.25) is 5.91 Å². The number of fused-ring (bicyclic) bond motifs is 1. The van der Waals surface area contributed by atoms with Crippen molar-refractivity contribution in [3.05, 3.63) is 63.2 Å². The summed E-state index contributed by atoms with van der Waals surface area (Å²) in [6, 6.07) is 10.9. The lowest BCUT2D eigenvalue weighted by Gasteiger charge is -2.40. The second-order valence-electron chi connectivity index (χ2n) is 9.03. The van der Waals surface area contributed by atoms with Crippen LogP contribution in [0, 0.1) is 6.92 Å². The van der Waals surface area contributed by atoms with Gasteiger partial charge in [-0.25, -0.2) is 15.0 Å². The number of nitrogens with one attached hydrogen (secondary N) is 2. The maximum atomic E-state index is 12.9. The highest BCUT2D eigenvalue weighted by molar-refractivity contribution is 7.10. The van der Waals surface area contributed by atoms with Crippen LogP contribution in [0.1, 0.15) is 40.5 Å². The topological polar surface area (TPSA) is 82.6 Å². The summed E-state index contributed by atoms with van der Waals surface area (Å²) >= 11 is 1.75. The van der Waals surface area contributed by atoms with E-state index in [2.05, 4.69) is 63.3 Å². The highest BCUT2D eigenvalue weighted by atomic mass is 32.1. The van der Waals surface area contributed by atoms with Crippen LogP contribution >= 0.6 is 11.3 Å². The summed E-state index contributed by atoms with van der Waals surface area (Å²) in [6.45, 7) is 8.09. The van der Waals surface area contributed by atoms with E-state index in [1.54, 1.807) is 11.3 Å². The van der Waals surface area contributed by atoms with Gasteiger partial charge in [-0.15, -0.1) is 11.3 Å². The molecule has 35 heavy (non-hydrogen) atoms. The monoisotopic (exact) mass is 492 g/mol. The predicted molar refractivity (Wildman–Crippen MR) is 138 cm³/mol. The number of morpholine rings is 1. The van der Waals surface area contributed by atoms with E-state index in [0.29, 0.717) is 32.0 Å². The predicted octanol–water partition coefficient (Wildman–Crippen LogP) is 3.54. The normalized spacial score (nSPS) is 17.3. The Kier molecular flexibility index (Phi) is 7.10. The molecule has 0 bridgehead atoms. The number of carbonyl (C=O) groups excluding carboxylic acids is 1. The molecule has 4 heterocycles. The van der Waals surface area contributed by atoms with Crippen molar-refractivity contribution in [3.63, 3.8) is 0 Å². The number of hydrazine groups is 1. The van der Waals surface area contributed by atoms with Crippen molar-refractivity contribution in [2.24, 2.45) is 0 Å². The van der Waals surface area contributed by atoms with E-state index in [9.17, 15) is 4.79 Å². The smallest absolute Gasteiger partial charge is 0.243 e. The van der Waals surface area contributed by atoms with E-state index in [4.69, 9.17) is 9.72 Å². The summed E-state index contributed by atoms with van der Waals surface area (Å²) in [7, 11) is 1.97. The zero-order valence-electron chi connectivity index (χ0n) is 20.5. The summed E-state index contributed by atoms with van der Waals surface area (Å²) in [5.41, 5.74) is 5.61. The van der Waals surface area contributed by atoms with Crippen molar-refractivity contribution in [3.8, 4) is 11.1 Å². The van der Waals surface area contributed by atoms with Crippen LogP contribution in [0.3, 0.4) is 0 Å². The van der Waals surface area contributed by atoms with E-state index in [0.717, 1.165) is 36.7 Å². The fraction of sp³-hybridized carbons (Fsp3) is 0.423. The summed E-state index contributed by atoms with van der Waals surface area (Å²) in [4.78, 5) is 23.5. The molecule has 0 unspecified atom stereocenters. The molecule has 1 saturated heterocycles. The van der Waals surface area contributed by atoms with Crippen molar-refractivity contribution in [2.45, 2.75) is 39.4 Å². The van der Waals surface area contributed by atoms with Crippen molar-refractivity contribution in [1.82, 2.24) is 25.3 Å². The summed E-state index contributed by atoms with van der Waals surface area (Å²) in [5.74, 6) is 1.58. The summed E-state index contributed by atoms with van der Waals surface area (Å²) < 4.78 is 5.47. The third-order valence-electron chi connectivity index (χ3n) is 6.54. The number of thiophene rings is 1. The van der Waals surface area contributed by atoms with E-state index in [1.165, 1.54) is 21.6 Å². The molecule has 2 aliphatic rings. The molecular formula is C26H32N6O2S. The standard InChI is InChI=1S/C26H32N6O2S/c1-17(24-12-20(16-35-24)21-7-5-4-6-19(21)14-27-3)28-26-22-15-32(31-8-10-34-11-9-31)25(33)13-23(22)29-18(2)30-26/h4-7,12,16-17,27H,8-11,13-15H2,1-3H3,(H,28,29,30)/t17-/m1/s1. The Morgan fingerprint density at radius 1 is 1.20 bits per heavy atom. The molecule has 3 aromatic rings. The molecule has 1 atom stereocenters. The lowest BCUT2D eigenvalue weighted by atomic mass is 10.0. The van der Waals surface area contributed by atoms with Crippen molar-refractivity contribution in [2.75, 3.05) is 38.7 Å². The highest BCUT2D eigenvalue weighted by Gasteiger charge is 2.32. The molecule has 1 aromatic carbocycles. The number of carbonyl (C=O) groups is 1. The van der Waals surface area contributed by atoms with Gasteiger partial charge in [-0.05, 0) is 49.0 Å². The molecule has 5 rings (SSSR count). The van der Waals surface area contributed by atoms with Crippen LogP contribution in [-0.4, -0.2) is 59.2 Å². The van der Waals surface area contributed by atoms with Crippen molar-refractivity contribution < 1.29 is 9.53 Å². The number of amides is 1. The Hall–Kier alpha value is -2.85. The number of aryl methyl sites for hydroxylation is 1. The first kappa shape index (κ1) is 23.9. The fourth-order valence-electron chi connectivity index (χ4n) is 4.75. The molecule has 0 saturated carbocycles. The lowest BCUT2D eigenvalue weighted by molar-refractivity contribution is -0.159. The molecule has 2 N–H and O–H groups in total. The highest BCUT2D eigenvalue weighted by Crippen LogP contribution is 2.34. The van der Waals surface area contributed by atoms with Gasteiger partial charge in [-0.1, -0.05) is 24.3 Å². The Morgan fingerprint density at radius 2 is 2.00 bits per heavy atom. The van der Waals surface area contributed by atoms with Crippen molar-refractivity contribution >= 4 is 23.1 Å². The van der Waals surface area contributed by atoms with E-state index >= 15 is 0 Å². The van der Waals surface area contributed by atoms with Gasteiger partial charge in [0.25, 0.3) is 0 Å². The molecule has 1 amide bonds. The number of benzene rings is 1. The zero-order chi connectivity index (χ0) is 24.4. The Labute approximate surface area is 210 Å². The first-order valence-corrected chi connectivity index (χ1v) is 13.0. The third-order valence-corrected chi connectivity index (χ3v) is 7.66. The molecule has 184 valence electrons. The molecule has 0 aliphatic carbocycles. The molecule has 1 fully saturated rings. The number of ether oxygens (including phenoxy) is 1. The van der Waals surface area contributed by atoms with Gasteiger partial charge >= 0.3 is 0 Å². The minimum atomic E-state index is 0.0677. The van der Waals surface area contributed by atoms with Crippen LogP contribution < -0.4 is 10.6 Å². The van der Waals surface area contributed by atoms with E-state index in [1.807, 2.05) is 19.0 Å². The molecule has 2 aromatic heterocycles.